The number of nitrogens with one attached hydrogen (secondary N) is 1. The van der Waals surface area contributed by atoms with Gasteiger partial charge in [0.05, 0.1) is 10.9 Å². The van der Waals surface area contributed by atoms with E-state index in [0.29, 0.717) is 19.4 Å². The molecular weight excluding hydrogens is 412 g/mol. The summed E-state index contributed by atoms with van der Waals surface area (Å²) in [7, 11) is -3.75. The number of hydrogen-bond donors (Lipinski definition) is 1. The highest BCUT2D eigenvalue weighted by Gasteiger charge is 2.40. The molecule has 1 amide bonds. The van der Waals surface area contributed by atoms with Gasteiger partial charge in [-0.25, -0.2) is 13.1 Å². The number of nitrogens with zero attached hydrogens (tertiary/aromatic N) is 1. The van der Waals surface area contributed by atoms with E-state index in [1.165, 1.54) is 0 Å². The summed E-state index contributed by atoms with van der Waals surface area (Å²) in [5, 5.41) is 0. The van der Waals surface area contributed by atoms with Crippen molar-refractivity contribution in [2.24, 2.45) is 0 Å². The predicted octanol–water partition coefficient (Wildman–Crippen LogP) is 4.48. The van der Waals surface area contributed by atoms with Crippen LogP contribution in [0.4, 0.5) is 5.69 Å². The van der Waals surface area contributed by atoms with E-state index in [2.05, 4.69) is 18.6 Å². The number of fused-ring (bicyclic) bond motifs is 1. The second-order valence-electron chi connectivity index (χ2n) is 8.51. The summed E-state index contributed by atoms with van der Waals surface area (Å²) >= 11 is 0. The number of anilines is 1. The van der Waals surface area contributed by atoms with Crippen LogP contribution in [0.3, 0.4) is 0 Å². The maximum absolute atomic E-state index is 13.3. The van der Waals surface area contributed by atoms with E-state index in [4.69, 9.17) is 4.74 Å². The van der Waals surface area contributed by atoms with Crippen molar-refractivity contribution >= 4 is 21.6 Å². The van der Waals surface area contributed by atoms with Crippen molar-refractivity contribution < 1.29 is 17.9 Å². The molecule has 1 saturated heterocycles. The fourth-order valence-electron chi connectivity index (χ4n) is 4.66. The normalized spacial score (nSPS) is 20.4. The fraction of sp³-hybridized carbons (Fsp3) is 0.458. The molecule has 6 nitrogen and oxygen atoms in total. The van der Waals surface area contributed by atoms with Gasteiger partial charge in [-0.05, 0) is 56.0 Å². The van der Waals surface area contributed by atoms with Crippen LogP contribution in [0.2, 0.25) is 0 Å². The minimum atomic E-state index is -3.75. The lowest BCUT2D eigenvalue weighted by molar-refractivity contribution is -0.117. The van der Waals surface area contributed by atoms with Gasteiger partial charge in [-0.1, -0.05) is 32.0 Å². The minimum absolute atomic E-state index is 0.0890. The van der Waals surface area contributed by atoms with Gasteiger partial charge in [0.25, 0.3) is 0 Å². The number of para-hydroxylation sites is 1. The molecule has 1 N–H and O–H groups in total. The van der Waals surface area contributed by atoms with E-state index in [0.717, 1.165) is 41.8 Å². The van der Waals surface area contributed by atoms with Crippen LogP contribution in [0, 0.1) is 6.92 Å². The first kappa shape index (κ1) is 21.8. The number of carbonyl (C=O) groups excluding carboxylic acids is 1. The third-order valence-electron chi connectivity index (χ3n) is 6.63. The highest BCUT2D eigenvalue weighted by atomic mass is 32.2. The number of sulfonamides is 1. The number of ether oxygens (including phenoxy) is 1. The Labute approximate surface area is 184 Å². The molecule has 4 rings (SSSR count). The van der Waals surface area contributed by atoms with E-state index >= 15 is 0 Å². The molecule has 31 heavy (non-hydrogen) atoms. The van der Waals surface area contributed by atoms with Crippen molar-refractivity contribution in [2.75, 3.05) is 11.4 Å². The van der Waals surface area contributed by atoms with Gasteiger partial charge < -0.3 is 9.64 Å². The Morgan fingerprint density at radius 2 is 1.90 bits per heavy atom. The molecule has 2 aliphatic rings. The molecule has 1 atom stereocenters. The first-order valence-electron chi connectivity index (χ1n) is 11.0. The average molecular weight is 443 g/mol. The van der Waals surface area contributed by atoms with Gasteiger partial charge in [-0.3, -0.25) is 4.79 Å². The number of benzene rings is 2. The van der Waals surface area contributed by atoms with E-state index in [9.17, 15) is 13.2 Å². The summed E-state index contributed by atoms with van der Waals surface area (Å²) in [6.07, 6.45) is 3.55. The van der Waals surface area contributed by atoms with Crippen molar-refractivity contribution in [3.63, 3.8) is 0 Å². The van der Waals surface area contributed by atoms with Gasteiger partial charge >= 0.3 is 0 Å². The van der Waals surface area contributed by atoms with Crippen LogP contribution in [0.5, 0.6) is 5.75 Å². The number of hydrogen-bond acceptors (Lipinski definition) is 4. The SMILES string of the molecule is CCC1(CC)C[C@@H](NS(=O)(=O)c2ccc(N3CCCC3=O)c(C)c2)c2ccccc2O1. The maximum Gasteiger partial charge on any atom is 0.241 e. The second kappa shape index (κ2) is 8.28. The lowest BCUT2D eigenvalue weighted by Crippen LogP contribution is -2.44. The summed E-state index contributed by atoms with van der Waals surface area (Å²) in [4.78, 5) is 14.0. The minimum Gasteiger partial charge on any atom is -0.487 e. The Bertz CT molecular complexity index is 1090. The monoisotopic (exact) mass is 442 g/mol. The Kier molecular flexibility index (Phi) is 5.83. The Balaban J connectivity index is 1.64. The van der Waals surface area contributed by atoms with Crippen molar-refractivity contribution in [3.8, 4) is 5.75 Å². The molecule has 0 spiro atoms. The second-order valence-corrected chi connectivity index (χ2v) is 10.2. The lowest BCUT2D eigenvalue weighted by Gasteiger charge is -2.41. The highest BCUT2D eigenvalue weighted by Crippen LogP contribution is 2.43. The average Bonchev–Trinajstić information content (AvgIpc) is 3.18. The number of amides is 1. The molecule has 0 aliphatic carbocycles. The molecular formula is C24H30N2O4S. The van der Waals surface area contributed by atoms with Crippen LogP contribution in [0.25, 0.3) is 0 Å². The van der Waals surface area contributed by atoms with Crippen molar-refractivity contribution in [1.29, 1.82) is 0 Å². The van der Waals surface area contributed by atoms with Crippen LogP contribution >= 0.6 is 0 Å². The molecule has 166 valence electrons. The summed E-state index contributed by atoms with van der Waals surface area (Å²) in [6.45, 7) is 6.68. The van der Waals surface area contributed by atoms with E-state index in [1.807, 2.05) is 31.2 Å². The van der Waals surface area contributed by atoms with Crippen molar-refractivity contribution in [2.45, 2.75) is 69.4 Å². The van der Waals surface area contributed by atoms with Gasteiger partial charge in [0.15, 0.2) is 0 Å². The molecule has 1 fully saturated rings. The summed E-state index contributed by atoms with van der Waals surface area (Å²) < 4.78 is 35.9. The third-order valence-corrected chi connectivity index (χ3v) is 8.10. The molecule has 2 aliphatic heterocycles. The van der Waals surface area contributed by atoms with Crippen molar-refractivity contribution in [3.05, 3.63) is 53.6 Å². The zero-order chi connectivity index (χ0) is 22.2. The van der Waals surface area contributed by atoms with E-state index in [1.54, 1.807) is 23.1 Å². The first-order chi connectivity index (χ1) is 14.8. The summed E-state index contributed by atoms with van der Waals surface area (Å²) in [5.74, 6) is 0.829. The van der Waals surface area contributed by atoms with Crippen LogP contribution in [-0.2, 0) is 14.8 Å². The largest absolute Gasteiger partial charge is 0.487 e. The molecule has 0 bridgehead atoms. The zero-order valence-corrected chi connectivity index (χ0v) is 19.2. The van der Waals surface area contributed by atoms with Gasteiger partial charge in [0, 0.05) is 30.6 Å². The number of rotatable bonds is 6. The van der Waals surface area contributed by atoms with Crippen LogP contribution in [-0.4, -0.2) is 26.5 Å². The highest BCUT2D eigenvalue weighted by molar-refractivity contribution is 7.89. The Morgan fingerprint density at radius 3 is 2.55 bits per heavy atom. The molecule has 0 aromatic heterocycles. The van der Waals surface area contributed by atoms with Crippen LogP contribution in [0.15, 0.2) is 47.4 Å². The van der Waals surface area contributed by atoms with E-state index in [-0.39, 0.29) is 16.8 Å². The van der Waals surface area contributed by atoms with Gasteiger partial charge in [0.1, 0.15) is 11.4 Å². The molecule has 0 radical (unpaired) electrons. The molecule has 7 heteroatoms. The topological polar surface area (TPSA) is 75.7 Å². The standard InChI is InChI=1S/C24H30N2O4S/c1-4-24(5-2)16-20(19-9-6-7-10-22(19)30-24)25-31(28,29)18-12-13-21(17(3)15-18)26-14-8-11-23(26)27/h6-7,9-10,12-13,15,20,25H,4-5,8,11,14,16H2,1-3H3/t20-/m1/s1. The van der Waals surface area contributed by atoms with Crippen LogP contribution in [0.1, 0.15) is 63.1 Å². The lowest BCUT2D eigenvalue weighted by atomic mass is 9.84. The molecule has 0 unspecified atom stereocenters. The number of aryl methyl sites for hydroxylation is 1. The molecule has 2 aromatic carbocycles. The molecule has 2 aromatic rings. The Hall–Kier alpha value is -2.38. The van der Waals surface area contributed by atoms with Gasteiger partial charge in [-0.2, -0.15) is 0 Å². The van der Waals surface area contributed by atoms with E-state index < -0.39 is 15.6 Å². The summed E-state index contributed by atoms with van der Waals surface area (Å²) in [6, 6.07) is 12.3. The fourth-order valence-corrected chi connectivity index (χ4v) is 5.96. The predicted molar refractivity (Wildman–Crippen MR) is 121 cm³/mol. The first-order valence-corrected chi connectivity index (χ1v) is 12.5. The third kappa shape index (κ3) is 4.08. The zero-order valence-electron chi connectivity index (χ0n) is 18.3. The quantitative estimate of drug-likeness (QED) is 0.716. The van der Waals surface area contributed by atoms with Gasteiger partial charge in [-0.15, -0.1) is 0 Å². The van der Waals surface area contributed by atoms with Crippen molar-refractivity contribution in [1.82, 2.24) is 4.72 Å². The van der Waals surface area contributed by atoms with Crippen LogP contribution < -0.4 is 14.4 Å². The number of carbonyl (C=O) groups is 1. The Morgan fingerprint density at radius 1 is 1.16 bits per heavy atom. The van der Waals surface area contributed by atoms with Gasteiger partial charge in [0.2, 0.25) is 15.9 Å². The summed E-state index contributed by atoms with van der Waals surface area (Å²) in [5.41, 5.74) is 2.03. The maximum atomic E-state index is 13.3. The smallest absolute Gasteiger partial charge is 0.241 e. The molecule has 0 saturated carbocycles. The molecule has 2 heterocycles.